The zero-order chi connectivity index (χ0) is 14.9. The van der Waals surface area contributed by atoms with Crippen LogP contribution in [0.1, 0.15) is 51.7 Å². The number of nitrogens with two attached hydrogens (primary N) is 1. The molecule has 0 aliphatic carbocycles. The molecule has 114 valence electrons. The summed E-state index contributed by atoms with van der Waals surface area (Å²) in [6.07, 6.45) is 1.14. The van der Waals surface area contributed by atoms with E-state index in [2.05, 4.69) is 38.7 Å². The summed E-state index contributed by atoms with van der Waals surface area (Å²) in [4.78, 5) is 2.42. The molecule has 1 aromatic rings. The summed E-state index contributed by atoms with van der Waals surface area (Å²) in [5.74, 6) is 1.91. The molecule has 2 N–H and O–H groups in total. The number of rotatable bonds is 4. The lowest BCUT2D eigenvalue weighted by Crippen LogP contribution is -2.55. The maximum Gasteiger partial charge on any atom is 0.122 e. The van der Waals surface area contributed by atoms with Crippen molar-refractivity contribution in [2.75, 3.05) is 13.1 Å². The minimum atomic E-state index is -0.148. The number of nitrogens with zero attached hydrogens (tertiary/aromatic N) is 1. The highest BCUT2D eigenvalue weighted by Crippen LogP contribution is 2.32. The fraction of sp³-hybridized carbons (Fsp3) is 0.750. The Labute approximate surface area is 122 Å². The molecule has 1 saturated heterocycles. The molecule has 3 atom stereocenters. The standard InChI is InChI=1S/C16H28N2O2/c1-6-13(17)15(14-8-7-11(2)19-14)18-9-12(3)20-16(4,5)10-18/h7-8,12-13,15H,6,9-10,17H2,1-5H3. The molecule has 1 aliphatic heterocycles. The molecule has 3 unspecified atom stereocenters. The topological polar surface area (TPSA) is 51.6 Å². The van der Waals surface area contributed by atoms with Gasteiger partial charge >= 0.3 is 0 Å². The smallest absolute Gasteiger partial charge is 0.122 e. The number of ether oxygens (including phenoxy) is 1. The van der Waals surface area contributed by atoms with Crippen molar-refractivity contribution in [2.45, 2.75) is 64.8 Å². The molecule has 1 aliphatic rings. The van der Waals surface area contributed by atoms with Gasteiger partial charge in [0, 0.05) is 19.1 Å². The van der Waals surface area contributed by atoms with E-state index >= 15 is 0 Å². The Morgan fingerprint density at radius 1 is 1.45 bits per heavy atom. The molecular weight excluding hydrogens is 252 g/mol. The van der Waals surface area contributed by atoms with Gasteiger partial charge in [-0.3, -0.25) is 4.90 Å². The second kappa shape index (κ2) is 5.88. The van der Waals surface area contributed by atoms with Crippen molar-refractivity contribution in [2.24, 2.45) is 5.73 Å². The third kappa shape index (κ3) is 3.43. The van der Waals surface area contributed by atoms with Gasteiger partial charge in [-0.05, 0) is 46.2 Å². The van der Waals surface area contributed by atoms with Gasteiger partial charge in [0.1, 0.15) is 11.5 Å². The maximum atomic E-state index is 6.38. The fourth-order valence-corrected chi connectivity index (χ4v) is 3.21. The predicted octanol–water partition coefficient (Wildman–Crippen LogP) is 2.87. The average molecular weight is 280 g/mol. The molecule has 4 heteroatoms. The van der Waals surface area contributed by atoms with Gasteiger partial charge in [0.2, 0.25) is 0 Å². The third-order valence-electron chi connectivity index (χ3n) is 3.92. The monoisotopic (exact) mass is 280 g/mol. The SMILES string of the molecule is CCC(N)C(c1ccc(C)o1)N1CC(C)OC(C)(C)C1. The summed E-state index contributed by atoms with van der Waals surface area (Å²) in [5.41, 5.74) is 6.23. The summed E-state index contributed by atoms with van der Waals surface area (Å²) in [6.45, 7) is 12.3. The lowest BCUT2D eigenvalue weighted by Gasteiger charge is -2.45. The number of hydrogen-bond acceptors (Lipinski definition) is 4. The van der Waals surface area contributed by atoms with Crippen LogP contribution in [0.4, 0.5) is 0 Å². The maximum absolute atomic E-state index is 6.38. The quantitative estimate of drug-likeness (QED) is 0.921. The molecule has 20 heavy (non-hydrogen) atoms. The van der Waals surface area contributed by atoms with E-state index in [9.17, 15) is 0 Å². The van der Waals surface area contributed by atoms with Gasteiger partial charge < -0.3 is 14.9 Å². The van der Waals surface area contributed by atoms with E-state index in [1.807, 2.05) is 13.0 Å². The van der Waals surface area contributed by atoms with E-state index in [0.29, 0.717) is 0 Å². The number of aryl methyl sites for hydroxylation is 1. The van der Waals surface area contributed by atoms with E-state index < -0.39 is 0 Å². The van der Waals surface area contributed by atoms with Crippen molar-refractivity contribution in [1.29, 1.82) is 0 Å². The molecule has 1 fully saturated rings. The Balaban J connectivity index is 2.27. The van der Waals surface area contributed by atoms with E-state index in [4.69, 9.17) is 14.9 Å². The second-order valence-electron chi connectivity index (χ2n) is 6.58. The first kappa shape index (κ1) is 15.5. The highest BCUT2D eigenvalue weighted by atomic mass is 16.5. The molecule has 0 radical (unpaired) electrons. The Kier molecular flexibility index (Phi) is 4.57. The van der Waals surface area contributed by atoms with E-state index in [1.165, 1.54) is 0 Å². The summed E-state index contributed by atoms with van der Waals surface area (Å²) >= 11 is 0. The van der Waals surface area contributed by atoms with Crippen LogP contribution in [0.15, 0.2) is 16.5 Å². The van der Waals surface area contributed by atoms with Crippen LogP contribution in [0, 0.1) is 6.92 Å². The Hall–Kier alpha value is -0.840. The van der Waals surface area contributed by atoms with Crippen LogP contribution < -0.4 is 5.73 Å². The Bertz CT molecular complexity index is 441. The predicted molar refractivity (Wildman–Crippen MR) is 80.7 cm³/mol. The summed E-state index contributed by atoms with van der Waals surface area (Å²) in [7, 11) is 0. The van der Waals surface area contributed by atoms with E-state index in [1.54, 1.807) is 0 Å². The number of hydrogen-bond donors (Lipinski definition) is 1. The minimum absolute atomic E-state index is 0.0710. The molecule has 0 saturated carbocycles. The van der Waals surface area contributed by atoms with Crippen LogP contribution in [-0.4, -0.2) is 35.7 Å². The van der Waals surface area contributed by atoms with Gasteiger partial charge in [-0.1, -0.05) is 6.92 Å². The summed E-state index contributed by atoms with van der Waals surface area (Å²) < 4.78 is 11.9. The lowest BCUT2D eigenvalue weighted by atomic mass is 9.97. The fourth-order valence-electron chi connectivity index (χ4n) is 3.21. The molecule has 0 aromatic carbocycles. The Morgan fingerprint density at radius 2 is 2.15 bits per heavy atom. The normalized spacial score (nSPS) is 26.4. The van der Waals surface area contributed by atoms with Crippen molar-refractivity contribution in [3.63, 3.8) is 0 Å². The largest absolute Gasteiger partial charge is 0.465 e. The number of furan rings is 1. The summed E-state index contributed by atoms with van der Waals surface area (Å²) in [6, 6.07) is 4.27. The first-order valence-corrected chi connectivity index (χ1v) is 7.56. The molecule has 0 amide bonds. The molecule has 2 rings (SSSR count). The van der Waals surface area contributed by atoms with Gasteiger partial charge in [0.15, 0.2) is 0 Å². The lowest BCUT2D eigenvalue weighted by molar-refractivity contribution is -0.141. The van der Waals surface area contributed by atoms with Crippen molar-refractivity contribution in [3.8, 4) is 0 Å². The van der Waals surface area contributed by atoms with Crippen LogP contribution in [0.25, 0.3) is 0 Å². The minimum Gasteiger partial charge on any atom is -0.465 e. The zero-order valence-corrected chi connectivity index (χ0v) is 13.3. The van der Waals surface area contributed by atoms with Crippen LogP contribution in [0.3, 0.4) is 0 Å². The van der Waals surface area contributed by atoms with Crippen molar-refractivity contribution in [1.82, 2.24) is 4.90 Å². The van der Waals surface area contributed by atoms with E-state index in [0.717, 1.165) is 31.0 Å². The molecule has 2 heterocycles. The molecule has 1 aromatic heterocycles. The molecule has 0 bridgehead atoms. The van der Waals surface area contributed by atoms with Gasteiger partial charge in [0.25, 0.3) is 0 Å². The van der Waals surface area contributed by atoms with Crippen LogP contribution >= 0.6 is 0 Å². The summed E-state index contributed by atoms with van der Waals surface area (Å²) in [5, 5.41) is 0. The molecule has 4 nitrogen and oxygen atoms in total. The van der Waals surface area contributed by atoms with Crippen LogP contribution in [-0.2, 0) is 4.74 Å². The highest BCUT2D eigenvalue weighted by molar-refractivity contribution is 5.13. The first-order valence-electron chi connectivity index (χ1n) is 7.56. The van der Waals surface area contributed by atoms with Crippen LogP contribution in [0.5, 0.6) is 0 Å². The van der Waals surface area contributed by atoms with Gasteiger partial charge in [-0.25, -0.2) is 0 Å². The molecular formula is C16H28N2O2. The van der Waals surface area contributed by atoms with Crippen LogP contribution in [0.2, 0.25) is 0 Å². The van der Waals surface area contributed by atoms with Crippen molar-refractivity contribution in [3.05, 3.63) is 23.7 Å². The Morgan fingerprint density at radius 3 is 2.65 bits per heavy atom. The third-order valence-corrected chi connectivity index (χ3v) is 3.92. The second-order valence-corrected chi connectivity index (χ2v) is 6.58. The van der Waals surface area contributed by atoms with Crippen molar-refractivity contribution < 1.29 is 9.15 Å². The zero-order valence-electron chi connectivity index (χ0n) is 13.3. The van der Waals surface area contributed by atoms with E-state index in [-0.39, 0.29) is 23.8 Å². The average Bonchev–Trinajstić information content (AvgIpc) is 2.73. The first-order chi connectivity index (χ1) is 9.32. The number of morpholine rings is 1. The van der Waals surface area contributed by atoms with Crippen molar-refractivity contribution >= 4 is 0 Å². The molecule has 0 spiro atoms. The highest BCUT2D eigenvalue weighted by Gasteiger charge is 2.38. The van der Waals surface area contributed by atoms with Gasteiger partial charge in [-0.15, -0.1) is 0 Å². The van der Waals surface area contributed by atoms with Gasteiger partial charge in [0.05, 0.1) is 17.7 Å². The van der Waals surface area contributed by atoms with Gasteiger partial charge in [-0.2, -0.15) is 0 Å².